The van der Waals surface area contributed by atoms with Crippen LogP contribution in [0.25, 0.3) is 11.0 Å². The van der Waals surface area contributed by atoms with E-state index in [0.717, 1.165) is 53.2 Å². The number of carbonyl (C=O) groups excluding carboxylic acids is 1. The smallest absolute Gasteiger partial charge is 0.334 e. The number of nitrogens with zero attached hydrogens (tertiary/aromatic N) is 4. The Morgan fingerprint density at radius 3 is 2.36 bits per heavy atom. The van der Waals surface area contributed by atoms with Gasteiger partial charge in [0.2, 0.25) is 0 Å². The summed E-state index contributed by atoms with van der Waals surface area (Å²) in [7, 11) is 2.39. The number of fused-ring (bicyclic) bond motifs is 3. The van der Waals surface area contributed by atoms with Gasteiger partial charge in [-0.2, -0.15) is 0 Å². The first kappa shape index (κ1) is 30.7. The molecule has 0 saturated carbocycles. The lowest BCUT2D eigenvalue weighted by atomic mass is 9.92. The zero-order valence-corrected chi connectivity index (χ0v) is 25.4. The number of rotatable bonds is 9. The van der Waals surface area contributed by atoms with Crippen LogP contribution in [0.15, 0.2) is 36.5 Å². The van der Waals surface area contributed by atoms with E-state index >= 15 is 13.2 Å². The molecule has 0 atom stereocenters. The van der Waals surface area contributed by atoms with Crippen LogP contribution in [0.5, 0.6) is 11.5 Å². The highest BCUT2D eigenvalue weighted by Crippen LogP contribution is 2.45. The third-order valence-corrected chi connectivity index (χ3v) is 8.83. The lowest BCUT2D eigenvalue weighted by molar-refractivity contribution is 0.180. The van der Waals surface area contributed by atoms with Crippen LogP contribution >= 0.6 is 0 Å². The summed E-state index contributed by atoms with van der Waals surface area (Å²) in [5, 5.41) is 0.505. The SMILES string of the molecule is CCCC1CCN(CCc2cc3c4c(cnc3[nH]2)CN(c2c(F)c(OC)cc(OC)c2F)C(=O)N4c2cccc(F)c2F)CC1. The third kappa shape index (κ3) is 5.56. The Balaban J connectivity index is 1.41. The van der Waals surface area contributed by atoms with Gasteiger partial charge in [-0.05, 0) is 50.0 Å². The molecule has 45 heavy (non-hydrogen) atoms. The predicted octanol–water partition coefficient (Wildman–Crippen LogP) is 7.47. The highest BCUT2D eigenvalue weighted by molar-refractivity contribution is 6.15. The number of urea groups is 1. The van der Waals surface area contributed by atoms with Crippen molar-refractivity contribution < 1.29 is 31.8 Å². The summed E-state index contributed by atoms with van der Waals surface area (Å²) in [5.74, 6) is -4.70. The van der Waals surface area contributed by atoms with Crippen LogP contribution in [0.1, 0.15) is 43.9 Å². The molecular weight excluding hydrogens is 590 g/mol. The van der Waals surface area contributed by atoms with Crippen LogP contribution < -0.4 is 19.3 Å². The number of aromatic nitrogens is 2. The largest absolute Gasteiger partial charge is 0.493 e. The standard InChI is InChI=1S/C33H35F4N5O3/c1-4-6-19-9-12-40(13-10-19)14-11-21-15-22-30-20(17-38-32(22)39-21)18-41(31-28(36)25(44-2)16-26(45-3)29(31)37)33(43)42(30)24-8-5-7-23(34)27(24)35/h5,7-8,15-17,19H,4,6,9-14,18H2,1-3H3,(H,38,39). The number of nitrogens with one attached hydrogen (secondary N) is 1. The Labute approximate surface area is 258 Å². The van der Waals surface area contributed by atoms with Gasteiger partial charge in [-0.25, -0.2) is 27.3 Å². The summed E-state index contributed by atoms with van der Waals surface area (Å²) >= 11 is 0. The van der Waals surface area contributed by atoms with Crippen LogP contribution in [-0.4, -0.2) is 54.8 Å². The zero-order chi connectivity index (χ0) is 31.8. The van der Waals surface area contributed by atoms with Gasteiger partial charge in [0.05, 0.1) is 32.1 Å². The first-order valence-corrected chi connectivity index (χ1v) is 15.1. The number of aromatic amines is 1. The molecule has 2 aromatic carbocycles. The van der Waals surface area contributed by atoms with E-state index in [-0.39, 0.29) is 23.7 Å². The van der Waals surface area contributed by atoms with E-state index < -0.39 is 40.7 Å². The molecule has 4 aromatic rings. The zero-order valence-electron chi connectivity index (χ0n) is 25.4. The van der Waals surface area contributed by atoms with Gasteiger partial charge in [-0.1, -0.05) is 25.8 Å². The Morgan fingerprint density at radius 1 is 0.978 bits per heavy atom. The van der Waals surface area contributed by atoms with E-state index in [2.05, 4.69) is 21.8 Å². The Hall–Kier alpha value is -4.32. The van der Waals surface area contributed by atoms with Gasteiger partial charge in [-0.3, -0.25) is 9.80 Å². The molecule has 0 bridgehead atoms. The molecule has 0 radical (unpaired) electrons. The summed E-state index contributed by atoms with van der Waals surface area (Å²) < 4.78 is 71.3. The summed E-state index contributed by atoms with van der Waals surface area (Å²) in [4.78, 5) is 26.3. The lowest BCUT2D eigenvalue weighted by Gasteiger charge is -2.37. The number of hydrogen-bond acceptors (Lipinski definition) is 5. The van der Waals surface area contributed by atoms with Crippen molar-refractivity contribution in [3.05, 3.63) is 71.1 Å². The summed E-state index contributed by atoms with van der Waals surface area (Å²) in [6.07, 6.45) is 6.98. The minimum atomic E-state index is -1.28. The maximum Gasteiger partial charge on any atom is 0.334 e. The molecule has 1 N–H and O–H groups in total. The van der Waals surface area contributed by atoms with Crippen LogP contribution in [0.2, 0.25) is 0 Å². The molecular formula is C33H35F4N5O3. The quantitative estimate of drug-likeness (QED) is 0.196. The Bertz CT molecular complexity index is 1710. The number of piperidine rings is 1. The van der Waals surface area contributed by atoms with Crippen molar-refractivity contribution in [1.82, 2.24) is 14.9 Å². The van der Waals surface area contributed by atoms with Gasteiger partial charge in [0.15, 0.2) is 34.8 Å². The van der Waals surface area contributed by atoms with E-state index in [1.165, 1.54) is 58.2 Å². The van der Waals surface area contributed by atoms with Crippen molar-refractivity contribution in [1.29, 1.82) is 0 Å². The molecule has 12 heteroatoms. The van der Waals surface area contributed by atoms with Gasteiger partial charge >= 0.3 is 6.03 Å². The van der Waals surface area contributed by atoms with Crippen molar-refractivity contribution in [2.45, 2.75) is 45.6 Å². The number of carbonyl (C=O) groups is 1. The monoisotopic (exact) mass is 625 g/mol. The second kappa shape index (κ2) is 12.6. The molecule has 2 aliphatic rings. The molecule has 0 unspecified atom stereocenters. The fraction of sp³-hybridized carbons (Fsp3) is 0.394. The van der Waals surface area contributed by atoms with Gasteiger partial charge in [0.1, 0.15) is 11.3 Å². The van der Waals surface area contributed by atoms with Gasteiger partial charge in [0, 0.05) is 41.9 Å². The van der Waals surface area contributed by atoms with Crippen molar-refractivity contribution in [2.24, 2.45) is 5.92 Å². The second-order valence-corrected chi connectivity index (χ2v) is 11.5. The highest BCUT2D eigenvalue weighted by atomic mass is 19.2. The van der Waals surface area contributed by atoms with E-state index in [1.807, 2.05) is 6.07 Å². The number of benzene rings is 2. The molecule has 1 fully saturated rings. The van der Waals surface area contributed by atoms with E-state index in [0.29, 0.717) is 23.0 Å². The molecule has 1 saturated heterocycles. The molecule has 0 aliphatic carbocycles. The van der Waals surface area contributed by atoms with Crippen molar-refractivity contribution in [2.75, 3.05) is 43.7 Å². The highest BCUT2D eigenvalue weighted by Gasteiger charge is 2.40. The summed E-state index contributed by atoms with van der Waals surface area (Å²) in [6.45, 7) is 4.83. The minimum Gasteiger partial charge on any atom is -0.493 e. The summed E-state index contributed by atoms with van der Waals surface area (Å²) in [5.41, 5.74) is 0.784. The Kier molecular flexibility index (Phi) is 8.59. The maximum absolute atomic E-state index is 15.6. The van der Waals surface area contributed by atoms with E-state index in [4.69, 9.17) is 9.47 Å². The average molecular weight is 626 g/mol. The van der Waals surface area contributed by atoms with Crippen molar-refractivity contribution >= 4 is 34.1 Å². The fourth-order valence-electron chi connectivity index (χ4n) is 6.48. The van der Waals surface area contributed by atoms with Crippen LogP contribution in [-0.2, 0) is 13.0 Å². The first-order chi connectivity index (χ1) is 21.7. The molecule has 2 amide bonds. The average Bonchev–Trinajstić information content (AvgIpc) is 3.46. The normalized spacial score (nSPS) is 16.0. The minimum absolute atomic E-state index is 0.254. The molecule has 6 rings (SSSR count). The Morgan fingerprint density at radius 2 is 1.69 bits per heavy atom. The molecule has 4 heterocycles. The van der Waals surface area contributed by atoms with Crippen molar-refractivity contribution in [3.63, 3.8) is 0 Å². The fourth-order valence-corrected chi connectivity index (χ4v) is 6.48. The number of methoxy groups -OCH3 is 2. The predicted molar refractivity (Wildman–Crippen MR) is 163 cm³/mol. The molecule has 0 spiro atoms. The molecule has 8 nitrogen and oxygen atoms in total. The number of hydrogen-bond donors (Lipinski definition) is 1. The molecule has 2 aliphatic heterocycles. The van der Waals surface area contributed by atoms with E-state index in [1.54, 1.807) is 0 Å². The number of halogens is 4. The summed E-state index contributed by atoms with van der Waals surface area (Å²) in [6, 6.07) is 5.32. The van der Waals surface area contributed by atoms with Gasteiger partial charge in [-0.15, -0.1) is 0 Å². The second-order valence-electron chi connectivity index (χ2n) is 11.5. The topological polar surface area (TPSA) is 73.9 Å². The van der Waals surface area contributed by atoms with Crippen LogP contribution in [0, 0.1) is 29.2 Å². The van der Waals surface area contributed by atoms with E-state index in [9.17, 15) is 9.18 Å². The van der Waals surface area contributed by atoms with Crippen molar-refractivity contribution in [3.8, 4) is 11.5 Å². The number of likely N-dealkylation sites (tertiary alicyclic amines) is 1. The van der Waals surface area contributed by atoms with Gasteiger partial charge in [0.25, 0.3) is 0 Å². The van der Waals surface area contributed by atoms with Gasteiger partial charge < -0.3 is 19.4 Å². The first-order valence-electron chi connectivity index (χ1n) is 15.1. The third-order valence-electron chi connectivity index (χ3n) is 8.83. The van der Waals surface area contributed by atoms with Crippen LogP contribution in [0.4, 0.5) is 39.4 Å². The lowest BCUT2D eigenvalue weighted by Crippen LogP contribution is -2.46. The van der Waals surface area contributed by atoms with Crippen LogP contribution in [0.3, 0.4) is 0 Å². The number of amides is 2. The molecule has 2 aromatic heterocycles. The number of H-pyrrole nitrogens is 1. The number of ether oxygens (including phenoxy) is 2. The number of pyridine rings is 1. The molecule has 238 valence electrons. The number of anilines is 3. The maximum atomic E-state index is 15.6.